The highest BCUT2D eigenvalue weighted by Gasteiger charge is 2.44. The Labute approximate surface area is 167 Å². The molecule has 0 saturated carbocycles. The molecule has 1 unspecified atom stereocenters. The van der Waals surface area contributed by atoms with Crippen molar-refractivity contribution >= 4 is 29.3 Å². The number of benzene rings is 2. The average Bonchev–Trinajstić information content (AvgIpc) is 2.97. The summed E-state index contributed by atoms with van der Waals surface area (Å²) in [4.78, 5) is 49.9. The molecule has 2 heterocycles. The third-order valence-corrected chi connectivity index (χ3v) is 5.20. The number of carbonyl (C=O) groups excluding carboxylic acids is 4. The van der Waals surface area contributed by atoms with Crippen LogP contribution in [-0.4, -0.2) is 34.6 Å². The average molecular weight is 392 g/mol. The molecule has 2 aliphatic heterocycles. The lowest BCUT2D eigenvalue weighted by Crippen LogP contribution is -2.54. The Balaban J connectivity index is 1.50. The van der Waals surface area contributed by atoms with E-state index in [0.29, 0.717) is 18.8 Å². The van der Waals surface area contributed by atoms with Gasteiger partial charge in [-0.3, -0.25) is 29.4 Å². The fraction of sp³-hybridized carbons (Fsp3) is 0.238. The maximum atomic E-state index is 12.8. The van der Waals surface area contributed by atoms with E-state index >= 15 is 0 Å². The molecule has 2 aromatic rings. The Hall–Kier alpha value is -3.52. The highest BCUT2D eigenvalue weighted by molar-refractivity contribution is 6.23. The van der Waals surface area contributed by atoms with E-state index in [4.69, 9.17) is 5.73 Å². The van der Waals surface area contributed by atoms with Crippen molar-refractivity contribution in [1.82, 2.24) is 10.2 Å². The number of anilines is 1. The minimum Gasteiger partial charge on any atom is -0.381 e. The van der Waals surface area contributed by atoms with E-state index < -0.39 is 29.7 Å². The van der Waals surface area contributed by atoms with Gasteiger partial charge in [0, 0.05) is 25.2 Å². The third kappa shape index (κ3) is 3.50. The Kier molecular flexibility index (Phi) is 4.85. The minimum absolute atomic E-state index is 0.0968. The van der Waals surface area contributed by atoms with Crippen molar-refractivity contribution in [3.8, 4) is 0 Å². The van der Waals surface area contributed by atoms with Crippen molar-refractivity contribution < 1.29 is 19.2 Å². The molecule has 0 spiro atoms. The number of nitrogens with zero attached hydrogens (tertiary/aromatic N) is 1. The maximum Gasteiger partial charge on any atom is 0.262 e. The van der Waals surface area contributed by atoms with Crippen LogP contribution in [0.4, 0.5) is 5.69 Å². The molecule has 0 aliphatic carbocycles. The van der Waals surface area contributed by atoms with Crippen molar-refractivity contribution in [1.29, 1.82) is 0 Å². The van der Waals surface area contributed by atoms with Gasteiger partial charge in [0.15, 0.2) is 0 Å². The van der Waals surface area contributed by atoms with Gasteiger partial charge in [-0.15, -0.1) is 0 Å². The van der Waals surface area contributed by atoms with Crippen molar-refractivity contribution in [2.24, 2.45) is 5.73 Å². The van der Waals surface area contributed by atoms with Crippen LogP contribution in [0.3, 0.4) is 0 Å². The number of piperidine rings is 1. The topological polar surface area (TPSA) is 122 Å². The number of carbonyl (C=O) groups is 4. The first-order chi connectivity index (χ1) is 14.0. The fourth-order valence-electron chi connectivity index (χ4n) is 3.58. The molecule has 1 fully saturated rings. The van der Waals surface area contributed by atoms with E-state index in [1.165, 1.54) is 0 Å². The van der Waals surface area contributed by atoms with Gasteiger partial charge in [0.1, 0.15) is 6.04 Å². The van der Waals surface area contributed by atoms with Crippen molar-refractivity contribution in [3.05, 3.63) is 64.7 Å². The predicted molar refractivity (Wildman–Crippen MR) is 105 cm³/mol. The molecular formula is C21H20N4O4. The highest BCUT2D eigenvalue weighted by Crippen LogP contribution is 2.29. The van der Waals surface area contributed by atoms with Crippen LogP contribution in [0, 0.1) is 0 Å². The minimum atomic E-state index is -0.961. The van der Waals surface area contributed by atoms with Crippen LogP contribution in [0.25, 0.3) is 0 Å². The van der Waals surface area contributed by atoms with E-state index in [0.717, 1.165) is 16.0 Å². The fourth-order valence-corrected chi connectivity index (χ4v) is 3.58. The predicted octanol–water partition coefficient (Wildman–Crippen LogP) is 1.16. The number of hydrogen-bond donors (Lipinski definition) is 3. The molecule has 2 aliphatic rings. The van der Waals surface area contributed by atoms with Gasteiger partial charge in [0.05, 0.1) is 11.1 Å². The van der Waals surface area contributed by atoms with Crippen LogP contribution in [-0.2, 0) is 22.7 Å². The number of rotatable bonds is 5. The molecule has 1 atom stereocenters. The smallest absolute Gasteiger partial charge is 0.262 e. The van der Waals surface area contributed by atoms with Gasteiger partial charge in [-0.1, -0.05) is 24.3 Å². The van der Waals surface area contributed by atoms with Gasteiger partial charge >= 0.3 is 0 Å². The molecular weight excluding hydrogens is 372 g/mol. The van der Waals surface area contributed by atoms with Gasteiger partial charge in [-0.2, -0.15) is 0 Å². The van der Waals surface area contributed by atoms with E-state index in [1.54, 1.807) is 18.2 Å². The Morgan fingerprint density at radius 1 is 0.966 bits per heavy atom. The summed E-state index contributed by atoms with van der Waals surface area (Å²) in [5.41, 5.74) is 8.90. The van der Waals surface area contributed by atoms with Gasteiger partial charge < -0.3 is 11.1 Å². The first-order valence-electron chi connectivity index (χ1n) is 9.35. The zero-order chi connectivity index (χ0) is 20.5. The number of fused-ring (bicyclic) bond motifs is 1. The summed E-state index contributed by atoms with van der Waals surface area (Å²) < 4.78 is 0. The van der Waals surface area contributed by atoms with E-state index in [2.05, 4.69) is 10.6 Å². The zero-order valence-corrected chi connectivity index (χ0v) is 15.6. The molecule has 8 nitrogen and oxygen atoms in total. The van der Waals surface area contributed by atoms with Gasteiger partial charge in [0.2, 0.25) is 11.8 Å². The number of imide groups is 2. The molecule has 8 heteroatoms. The molecule has 2 aromatic carbocycles. The summed E-state index contributed by atoms with van der Waals surface area (Å²) in [7, 11) is 0. The molecule has 4 N–H and O–H groups in total. The normalized spacial score (nSPS) is 18.7. The molecule has 148 valence electrons. The third-order valence-electron chi connectivity index (χ3n) is 5.20. The van der Waals surface area contributed by atoms with Crippen molar-refractivity contribution in [2.75, 3.05) is 5.32 Å². The number of nitrogens with two attached hydrogens (primary N) is 1. The van der Waals surface area contributed by atoms with Crippen LogP contribution >= 0.6 is 0 Å². The lowest BCUT2D eigenvalue weighted by atomic mass is 10.0. The SMILES string of the molecule is NCc1ccc(CNc2ccc3c(c2)C(=O)N(C2CCC(=O)NC2=O)C3=O)cc1. The summed E-state index contributed by atoms with van der Waals surface area (Å²) in [6.07, 6.45) is 0.236. The molecule has 29 heavy (non-hydrogen) atoms. The lowest BCUT2D eigenvalue weighted by molar-refractivity contribution is -0.136. The van der Waals surface area contributed by atoms with E-state index in [9.17, 15) is 19.2 Å². The van der Waals surface area contributed by atoms with Gasteiger partial charge in [0.25, 0.3) is 11.8 Å². The highest BCUT2D eigenvalue weighted by atomic mass is 16.2. The Morgan fingerprint density at radius 2 is 1.66 bits per heavy atom. The van der Waals surface area contributed by atoms with E-state index in [1.807, 2.05) is 24.3 Å². The quantitative estimate of drug-likeness (QED) is 0.657. The second kappa shape index (κ2) is 7.48. The molecule has 4 amide bonds. The van der Waals surface area contributed by atoms with Crippen LogP contribution in [0.2, 0.25) is 0 Å². The molecule has 4 rings (SSSR count). The Bertz CT molecular complexity index is 1020. The second-order valence-electron chi connectivity index (χ2n) is 7.08. The van der Waals surface area contributed by atoms with Crippen LogP contribution in [0.1, 0.15) is 44.7 Å². The van der Waals surface area contributed by atoms with Crippen LogP contribution < -0.4 is 16.4 Å². The molecule has 0 radical (unpaired) electrons. The second-order valence-corrected chi connectivity index (χ2v) is 7.08. The number of amides is 4. The Morgan fingerprint density at radius 3 is 2.34 bits per heavy atom. The molecule has 0 aromatic heterocycles. The lowest BCUT2D eigenvalue weighted by Gasteiger charge is -2.27. The maximum absolute atomic E-state index is 12.8. The molecule has 0 bridgehead atoms. The summed E-state index contributed by atoms with van der Waals surface area (Å²) in [5, 5.41) is 5.42. The summed E-state index contributed by atoms with van der Waals surface area (Å²) >= 11 is 0. The first kappa shape index (κ1) is 18.8. The van der Waals surface area contributed by atoms with Gasteiger partial charge in [-0.25, -0.2) is 0 Å². The van der Waals surface area contributed by atoms with Crippen LogP contribution in [0.15, 0.2) is 42.5 Å². The van der Waals surface area contributed by atoms with Crippen molar-refractivity contribution in [3.63, 3.8) is 0 Å². The standard InChI is InChI=1S/C21H20N4O4/c22-10-12-1-3-13(4-2-12)11-23-14-5-6-15-16(9-14)21(29)25(20(15)28)17-7-8-18(26)24-19(17)27/h1-6,9,17,23H,7-8,10-11,22H2,(H,24,26,27). The van der Waals surface area contributed by atoms with Crippen molar-refractivity contribution in [2.45, 2.75) is 32.0 Å². The monoisotopic (exact) mass is 392 g/mol. The van der Waals surface area contributed by atoms with Crippen LogP contribution in [0.5, 0.6) is 0 Å². The van der Waals surface area contributed by atoms with Gasteiger partial charge in [-0.05, 0) is 35.7 Å². The largest absolute Gasteiger partial charge is 0.381 e. The molecule has 1 saturated heterocycles. The number of hydrogen-bond acceptors (Lipinski definition) is 6. The zero-order valence-electron chi connectivity index (χ0n) is 15.6. The summed E-state index contributed by atoms with van der Waals surface area (Å²) in [6.45, 7) is 1.03. The summed E-state index contributed by atoms with van der Waals surface area (Å²) in [5.74, 6) is -2.04. The van der Waals surface area contributed by atoms with E-state index in [-0.39, 0.29) is 24.0 Å². The number of nitrogens with one attached hydrogen (secondary N) is 2. The first-order valence-corrected chi connectivity index (χ1v) is 9.35. The summed E-state index contributed by atoms with van der Waals surface area (Å²) in [6, 6.07) is 11.8.